The summed E-state index contributed by atoms with van der Waals surface area (Å²) in [5.74, 6) is -1.05. The quantitative estimate of drug-likeness (QED) is 0.537. The molecule has 0 aromatic carbocycles. The van der Waals surface area contributed by atoms with Crippen molar-refractivity contribution >= 4 is 18.3 Å². The van der Waals surface area contributed by atoms with Gasteiger partial charge < -0.3 is 14.8 Å². The molecule has 0 heterocycles. The van der Waals surface area contributed by atoms with Gasteiger partial charge >= 0.3 is 18.3 Å². The van der Waals surface area contributed by atoms with Crippen LogP contribution in [0.2, 0.25) is 0 Å². The van der Waals surface area contributed by atoms with Crippen LogP contribution < -0.4 is 5.32 Å². The Balaban J connectivity index is 4.17. The molecule has 0 aliphatic heterocycles. The lowest BCUT2D eigenvalue weighted by molar-refractivity contribution is -0.155. The molecule has 0 aliphatic rings. The zero-order valence-electron chi connectivity index (χ0n) is 10.5. The van der Waals surface area contributed by atoms with E-state index in [9.17, 15) is 14.4 Å². The van der Waals surface area contributed by atoms with Crippen molar-refractivity contribution in [2.75, 3.05) is 7.11 Å². The molecule has 97 valence electrons. The highest BCUT2D eigenvalue weighted by molar-refractivity contribution is 5.79. The molecule has 0 saturated carbocycles. The summed E-state index contributed by atoms with van der Waals surface area (Å²) in [5, 5.41) is 2.16. The van der Waals surface area contributed by atoms with Crippen LogP contribution in [0.3, 0.4) is 0 Å². The molecule has 17 heavy (non-hydrogen) atoms. The van der Waals surface area contributed by atoms with E-state index in [1.807, 2.05) is 0 Å². The Bertz CT molecular complexity index is 282. The molecule has 0 aromatic heterocycles. The molecule has 6 heteroatoms. The summed E-state index contributed by atoms with van der Waals surface area (Å²) in [6.07, 6.45) is 1.54. The van der Waals surface area contributed by atoms with Crippen molar-refractivity contribution in [2.24, 2.45) is 0 Å². The van der Waals surface area contributed by atoms with Gasteiger partial charge in [-0.15, -0.1) is 0 Å². The summed E-state index contributed by atoms with van der Waals surface area (Å²) in [5.41, 5.74) is -0.567. The first-order valence-corrected chi connectivity index (χ1v) is 5.22. The lowest BCUT2D eigenvalue weighted by Crippen LogP contribution is -2.37. The summed E-state index contributed by atoms with van der Waals surface area (Å²) >= 11 is 0. The molecule has 0 aromatic rings. The largest absolute Gasteiger partial charge is 0.467 e. The average molecular weight is 244 g/mol. The second kappa shape index (κ2) is 6.88. The SMILES string of the molecule is COC(=O)C(CCC(=O)OC(C)(C)C)N[C]=O. The minimum Gasteiger partial charge on any atom is -0.467 e. The lowest BCUT2D eigenvalue weighted by Gasteiger charge is -2.20. The topological polar surface area (TPSA) is 81.7 Å². The van der Waals surface area contributed by atoms with Crippen LogP contribution in [-0.4, -0.2) is 37.1 Å². The predicted molar refractivity (Wildman–Crippen MR) is 59.7 cm³/mol. The fourth-order valence-electron chi connectivity index (χ4n) is 1.12. The first-order valence-electron chi connectivity index (χ1n) is 5.22. The molecule has 0 aliphatic carbocycles. The normalized spacial score (nSPS) is 12.5. The van der Waals surface area contributed by atoms with Gasteiger partial charge in [0, 0.05) is 6.42 Å². The number of amides is 1. The van der Waals surface area contributed by atoms with Gasteiger partial charge in [0.1, 0.15) is 11.6 Å². The Morgan fingerprint density at radius 3 is 2.35 bits per heavy atom. The van der Waals surface area contributed by atoms with E-state index in [0.717, 1.165) is 0 Å². The molecule has 0 spiro atoms. The van der Waals surface area contributed by atoms with E-state index >= 15 is 0 Å². The Morgan fingerprint density at radius 2 is 1.94 bits per heavy atom. The molecule has 0 rings (SSSR count). The van der Waals surface area contributed by atoms with Gasteiger partial charge in [0.2, 0.25) is 0 Å². The number of nitrogens with one attached hydrogen (secondary N) is 1. The van der Waals surface area contributed by atoms with Gasteiger partial charge in [-0.05, 0) is 27.2 Å². The highest BCUT2D eigenvalue weighted by atomic mass is 16.6. The lowest BCUT2D eigenvalue weighted by atomic mass is 10.1. The van der Waals surface area contributed by atoms with Gasteiger partial charge in [-0.25, -0.2) is 4.79 Å². The highest BCUT2D eigenvalue weighted by Crippen LogP contribution is 2.10. The average Bonchev–Trinajstić information content (AvgIpc) is 2.20. The molecule has 0 bridgehead atoms. The second-order valence-corrected chi connectivity index (χ2v) is 4.45. The van der Waals surface area contributed by atoms with E-state index < -0.39 is 23.6 Å². The van der Waals surface area contributed by atoms with E-state index in [1.165, 1.54) is 13.5 Å². The van der Waals surface area contributed by atoms with Crippen LogP contribution in [0.5, 0.6) is 0 Å². The number of hydrogen-bond acceptors (Lipinski definition) is 5. The maximum atomic E-state index is 11.4. The van der Waals surface area contributed by atoms with Crippen molar-refractivity contribution in [3.05, 3.63) is 0 Å². The molecule has 1 unspecified atom stereocenters. The van der Waals surface area contributed by atoms with E-state index in [4.69, 9.17) is 4.74 Å². The van der Waals surface area contributed by atoms with Crippen molar-refractivity contribution in [2.45, 2.75) is 45.3 Å². The van der Waals surface area contributed by atoms with Gasteiger partial charge in [-0.2, -0.15) is 0 Å². The molecule has 1 N–H and O–H groups in total. The van der Waals surface area contributed by atoms with Crippen molar-refractivity contribution in [3.8, 4) is 0 Å². The molecule has 0 saturated heterocycles. The molecular formula is C11H18NO5. The first-order chi connectivity index (χ1) is 7.80. The van der Waals surface area contributed by atoms with Gasteiger partial charge in [-0.1, -0.05) is 0 Å². The summed E-state index contributed by atoms with van der Waals surface area (Å²) in [6.45, 7) is 5.25. The first kappa shape index (κ1) is 15.4. The van der Waals surface area contributed by atoms with Crippen LogP contribution in [0, 0.1) is 0 Å². The number of rotatable bonds is 6. The number of ether oxygens (including phenoxy) is 2. The van der Waals surface area contributed by atoms with E-state index in [-0.39, 0.29) is 12.8 Å². The van der Waals surface area contributed by atoms with Gasteiger partial charge in [0.15, 0.2) is 0 Å². The van der Waals surface area contributed by atoms with Crippen LogP contribution >= 0.6 is 0 Å². The predicted octanol–water partition coefficient (Wildman–Crippen LogP) is 0.307. The van der Waals surface area contributed by atoms with Crippen molar-refractivity contribution in [3.63, 3.8) is 0 Å². The van der Waals surface area contributed by atoms with Crippen LogP contribution in [0.25, 0.3) is 0 Å². The molecule has 0 fully saturated rings. The molecule has 6 nitrogen and oxygen atoms in total. The Hall–Kier alpha value is -1.59. The minimum absolute atomic E-state index is 0.0196. The van der Waals surface area contributed by atoms with Gasteiger partial charge in [-0.3, -0.25) is 9.59 Å². The maximum Gasteiger partial charge on any atom is 0.328 e. The van der Waals surface area contributed by atoms with Crippen LogP contribution in [-0.2, 0) is 23.9 Å². The van der Waals surface area contributed by atoms with Crippen LogP contribution in [0.4, 0.5) is 0 Å². The zero-order chi connectivity index (χ0) is 13.5. The maximum absolute atomic E-state index is 11.4. The summed E-state index contributed by atoms with van der Waals surface area (Å²) in [6, 6.07) is -0.870. The number of carbonyl (C=O) groups excluding carboxylic acids is 3. The molecule has 1 amide bonds. The molecular weight excluding hydrogens is 226 g/mol. The standard InChI is InChI=1S/C11H18NO5/c1-11(2,3)17-9(14)6-5-8(12-7-13)10(15)16-4/h8H,5-6H2,1-4H3,(H,12,13). The fraction of sp³-hybridized carbons (Fsp3) is 0.727. The van der Waals surface area contributed by atoms with E-state index in [0.29, 0.717) is 0 Å². The Kier molecular flexibility index (Phi) is 6.23. The number of esters is 2. The van der Waals surface area contributed by atoms with E-state index in [2.05, 4.69) is 10.1 Å². The molecule has 1 radical (unpaired) electrons. The number of carbonyl (C=O) groups is 2. The third-order valence-corrected chi connectivity index (χ3v) is 1.78. The fourth-order valence-corrected chi connectivity index (χ4v) is 1.12. The van der Waals surface area contributed by atoms with Gasteiger partial charge in [0.05, 0.1) is 7.11 Å². The van der Waals surface area contributed by atoms with Crippen LogP contribution in [0.15, 0.2) is 0 Å². The minimum atomic E-state index is -0.870. The van der Waals surface area contributed by atoms with Crippen LogP contribution in [0.1, 0.15) is 33.6 Å². The third kappa shape index (κ3) is 7.32. The zero-order valence-corrected chi connectivity index (χ0v) is 10.5. The molecule has 1 atom stereocenters. The number of methoxy groups -OCH3 is 1. The van der Waals surface area contributed by atoms with Crippen molar-refractivity contribution in [1.82, 2.24) is 5.32 Å². The highest BCUT2D eigenvalue weighted by Gasteiger charge is 2.22. The van der Waals surface area contributed by atoms with Gasteiger partial charge in [0.25, 0.3) is 0 Å². The summed E-state index contributed by atoms with van der Waals surface area (Å²) in [7, 11) is 1.20. The smallest absolute Gasteiger partial charge is 0.328 e. The van der Waals surface area contributed by atoms with Crippen molar-refractivity contribution < 1.29 is 23.9 Å². The number of hydrogen-bond donors (Lipinski definition) is 1. The van der Waals surface area contributed by atoms with E-state index in [1.54, 1.807) is 20.8 Å². The monoisotopic (exact) mass is 244 g/mol. The van der Waals surface area contributed by atoms with Crippen molar-refractivity contribution in [1.29, 1.82) is 0 Å². The Labute approximate surface area is 101 Å². The third-order valence-electron chi connectivity index (χ3n) is 1.78. The summed E-state index contributed by atoms with van der Waals surface area (Å²) < 4.78 is 9.53. The second-order valence-electron chi connectivity index (χ2n) is 4.45. The summed E-state index contributed by atoms with van der Waals surface area (Å²) in [4.78, 5) is 32.7. The Morgan fingerprint density at radius 1 is 1.35 bits per heavy atom.